The summed E-state index contributed by atoms with van der Waals surface area (Å²) in [6.45, 7) is 5.88. The summed E-state index contributed by atoms with van der Waals surface area (Å²) < 4.78 is 0. The molecule has 1 atom stereocenters. The molecule has 0 spiro atoms. The minimum absolute atomic E-state index is 0.00666. The number of likely N-dealkylation sites (tertiary alicyclic amines) is 1. The maximum atomic E-state index is 12.1. The fourth-order valence-electron chi connectivity index (χ4n) is 2.77. The Hall–Kier alpha value is -1.43. The molecule has 1 aliphatic heterocycles. The van der Waals surface area contributed by atoms with Crippen LogP contribution >= 0.6 is 11.3 Å². The average molecular weight is 323 g/mol. The van der Waals surface area contributed by atoms with Crippen molar-refractivity contribution in [2.24, 2.45) is 0 Å². The molecule has 1 aromatic rings. The first kappa shape index (κ1) is 16.9. The van der Waals surface area contributed by atoms with Gasteiger partial charge in [0.05, 0.1) is 10.7 Å². The monoisotopic (exact) mass is 323 g/mol. The van der Waals surface area contributed by atoms with Gasteiger partial charge in [-0.25, -0.2) is 4.98 Å². The number of carbonyl (C=O) groups excluding carboxylic acids is 2. The fourth-order valence-corrected chi connectivity index (χ4v) is 3.75. The van der Waals surface area contributed by atoms with Gasteiger partial charge in [-0.1, -0.05) is 6.92 Å². The molecule has 0 radical (unpaired) electrons. The molecule has 2 rings (SSSR count). The van der Waals surface area contributed by atoms with Crippen molar-refractivity contribution in [3.8, 4) is 0 Å². The van der Waals surface area contributed by atoms with Crippen molar-refractivity contribution in [3.05, 3.63) is 16.1 Å². The van der Waals surface area contributed by atoms with Crippen molar-refractivity contribution in [3.63, 3.8) is 0 Å². The Morgan fingerprint density at radius 2 is 2.32 bits per heavy atom. The van der Waals surface area contributed by atoms with E-state index in [-0.39, 0.29) is 11.8 Å². The summed E-state index contributed by atoms with van der Waals surface area (Å²) in [7, 11) is 0. The lowest BCUT2D eigenvalue weighted by Gasteiger charge is -2.31. The molecule has 1 fully saturated rings. The molecule has 0 bridgehead atoms. The van der Waals surface area contributed by atoms with E-state index in [1.165, 1.54) is 6.92 Å². The molecule has 2 heterocycles. The number of nitrogens with zero attached hydrogens (tertiary/aromatic N) is 2. The number of hydrogen-bond acceptors (Lipinski definition) is 4. The lowest BCUT2D eigenvalue weighted by Crippen LogP contribution is -2.38. The van der Waals surface area contributed by atoms with Gasteiger partial charge in [-0.2, -0.15) is 0 Å². The standard InChI is InChI=1S/C16H25N3O2S/c1-3-5-15(21)19-9-4-6-13(10-19)16-18-14(11-22-16)7-8-17-12(2)20/h11,13H,3-10H2,1-2H3,(H,17,20)/t13-/m1/s1. The van der Waals surface area contributed by atoms with Gasteiger partial charge < -0.3 is 10.2 Å². The van der Waals surface area contributed by atoms with Crippen LogP contribution < -0.4 is 5.32 Å². The Labute approximate surface area is 136 Å². The molecule has 1 saturated heterocycles. The van der Waals surface area contributed by atoms with Gasteiger partial charge in [0.25, 0.3) is 0 Å². The smallest absolute Gasteiger partial charge is 0.222 e. The molecule has 122 valence electrons. The predicted molar refractivity (Wildman–Crippen MR) is 88.0 cm³/mol. The molecule has 1 N–H and O–H groups in total. The van der Waals surface area contributed by atoms with Crippen LogP contribution in [0.4, 0.5) is 0 Å². The Morgan fingerprint density at radius 3 is 3.05 bits per heavy atom. The van der Waals surface area contributed by atoms with Crippen molar-refractivity contribution in [2.75, 3.05) is 19.6 Å². The first-order valence-corrected chi connectivity index (χ1v) is 8.94. The highest BCUT2D eigenvalue weighted by molar-refractivity contribution is 7.09. The number of carbonyl (C=O) groups is 2. The van der Waals surface area contributed by atoms with E-state index in [1.807, 2.05) is 11.8 Å². The Kier molecular flexibility index (Phi) is 6.36. The van der Waals surface area contributed by atoms with Crippen LogP contribution in [-0.2, 0) is 16.0 Å². The van der Waals surface area contributed by atoms with Gasteiger partial charge in [0.15, 0.2) is 0 Å². The van der Waals surface area contributed by atoms with E-state index in [0.717, 1.165) is 49.5 Å². The quantitative estimate of drug-likeness (QED) is 0.874. The van der Waals surface area contributed by atoms with Crippen LogP contribution in [0.15, 0.2) is 5.38 Å². The third kappa shape index (κ3) is 4.80. The van der Waals surface area contributed by atoms with Crippen LogP contribution in [0.3, 0.4) is 0 Å². The van der Waals surface area contributed by atoms with Crippen molar-refractivity contribution < 1.29 is 9.59 Å². The highest BCUT2D eigenvalue weighted by atomic mass is 32.1. The molecular weight excluding hydrogens is 298 g/mol. The molecule has 5 nitrogen and oxygen atoms in total. The highest BCUT2D eigenvalue weighted by Gasteiger charge is 2.26. The zero-order chi connectivity index (χ0) is 15.9. The van der Waals surface area contributed by atoms with Crippen LogP contribution in [0, 0.1) is 0 Å². The van der Waals surface area contributed by atoms with Gasteiger partial charge in [-0.15, -0.1) is 11.3 Å². The molecular formula is C16H25N3O2S. The van der Waals surface area contributed by atoms with Crippen molar-refractivity contribution >= 4 is 23.2 Å². The summed E-state index contributed by atoms with van der Waals surface area (Å²) in [6.07, 6.45) is 4.48. The third-order valence-electron chi connectivity index (χ3n) is 3.91. The van der Waals surface area contributed by atoms with Gasteiger partial charge in [0.1, 0.15) is 0 Å². The summed E-state index contributed by atoms with van der Waals surface area (Å²) >= 11 is 1.68. The van der Waals surface area contributed by atoms with Gasteiger partial charge in [0.2, 0.25) is 11.8 Å². The number of thiazole rings is 1. The van der Waals surface area contributed by atoms with E-state index in [4.69, 9.17) is 4.98 Å². The number of nitrogens with one attached hydrogen (secondary N) is 1. The number of amides is 2. The largest absolute Gasteiger partial charge is 0.356 e. The zero-order valence-electron chi connectivity index (χ0n) is 13.4. The summed E-state index contributed by atoms with van der Waals surface area (Å²) in [5.41, 5.74) is 1.03. The summed E-state index contributed by atoms with van der Waals surface area (Å²) in [5, 5.41) is 6.00. The van der Waals surface area contributed by atoms with Crippen LogP contribution in [0.2, 0.25) is 0 Å². The summed E-state index contributed by atoms with van der Waals surface area (Å²) in [6, 6.07) is 0. The second-order valence-corrected chi connectivity index (χ2v) is 6.73. The molecule has 0 unspecified atom stereocenters. The summed E-state index contributed by atoms with van der Waals surface area (Å²) in [5.74, 6) is 0.636. The SMILES string of the molecule is CCCC(=O)N1CCC[C@@H](c2nc(CCNC(C)=O)cs2)C1. The van der Waals surface area contributed by atoms with Gasteiger partial charge in [-0.05, 0) is 19.3 Å². The van der Waals surface area contributed by atoms with E-state index >= 15 is 0 Å². The Morgan fingerprint density at radius 1 is 1.50 bits per heavy atom. The van der Waals surface area contributed by atoms with Crippen LogP contribution in [0.25, 0.3) is 0 Å². The van der Waals surface area contributed by atoms with Gasteiger partial charge >= 0.3 is 0 Å². The highest BCUT2D eigenvalue weighted by Crippen LogP contribution is 2.29. The number of rotatable bonds is 6. The van der Waals surface area contributed by atoms with Crippen molar-refractivity contribution in [1.29, 1.82) is 0 Å². The second kappa shape index (κ2) is 8.27. The first-order chi connectivity index (χ1) is 10.6. The van der Waals surface area contributed by atoms with E-state index in [0.29, 0.717) is 18.9 Å². The van der Waals surface area contributed by atoms with E-state index < -0.39 is 0 Å². The molecule has 6 heteroatoms. The lowest BCUT2D eigenvalue weighted by atomic mass is 9.98. The Bertz CT molecular complexity index is 515. The van der Waals surface area contributed by atoms with E-state index in [2.05, 4.69) is 10.7 Å². The molecule has 0 aromatic carbocycles. The zero-order valence-corrected chi connectivity index (χ0v) is 14.2. The molecule has 1 aromatic heterocycles. The van der Waals surface area contributed by atoms with Crippen molar-refractivity contribution in [1.82, 2.24) is 15.2 Å². The minimum atomic E-state index is -0.00666. The number of piperidine rings is 1. The lowest BCUT2D eigenvalue weighted by molar-refractivity contribution is -0.132. The van der Waals surface area contributed by atoms with E-state index in [9.17, 15) is 9.59 Å². The maximum absolute atomic E-state index is 12.1. The molecule has 22 heavy (non-hydrogen) atoms. The molecule has 0 saturated carbocycles. The van der Waals surface area contributed by atoms with Crippen LogP contribution in [0.1, 0.15) is 56.2 Å². The maximum Gasteiger partial charge on any atom is 0.222 e. The number of aromatic nitrogens is 1. The van der Waals surface area contributed by atoms with Crippen LogP contribution in [0.5, 0.6) is 0 Å². The molecule has 2 amide bonds. The van der Waals surface area contributed by atoms with Crippen LogP contribution in [-0.4, -0.2) is 41.3 Å². The Balaban J connectivity index is 1.89. The minimum Gasteiger partial charge on any atom is -0.356 e. The average Bonchev–Trinajstić information content (AvgIpc) is 2.96. The predicted octanol–water partition coefficient (Wildman–Crippen LogP) is 2.33. The molecule has 1 aliphatic rings. The van der Waals surface area contributed by atoms with E-state index in [1.54, 1.807) is 11.3 Å². The fraction of sp³-hybridized carbons (Fsp3) is 0.688. The van der Waals surface area contributed by atoms with Gasteiger partial charge in [-0.3, -0.25) is 9.59 Å². The summed E-state index contributed by atoms with van der Waals surface area (Å²) in [4.78, 5) is 29.6. The molecule has 0 aliphatic carbocycles. The normalized spacial score (nSPS) is 18.3. The van der Waals surface area contributed by atoms with Gasteiger partial charge in [0, 0.05) is 50.7 Å². The van der Waals surface area contributed by atoms with Crippen molar-refractivity contribution in [2.45, 2.75) is 51.9 Å². The third-order valence-corrected chi connectivity index (χ3v) is 4.97. The first-order valence-electron chi connectivity index (χ1n) is 8.06. The topological polar surface area (TPSA) is 62.3 Å². The second-order valence-electron chi connectivity index (χ2n) is 5.84. The number of hydrogen-bond donors (Lipinski definition) is 1.